The summed E-state index contributed by atoms with van der Waals surface area (Å²) in [5.41, 5.74) is 1.17. The van der Waals surface area contributed by atoms with Crippen LogP contribution in [-0.4, -0.2) is 34.2 Å². The van der Waals surface area contributed by atoms with Crippen LogP contribution in [0.2, 0.25) is 5.15 Å². The van der Waals surface area contributed by atoms with Gasteiger partial charge in [-0.2, -0.15) is 0 Å². The zero-order valence-corrected chi connectivity index (χ0v) is 10.7. The van der Waals surface area contributed by atoms with Gasteiger partial charge in [-0.1, -0.05) is 24.4 Å². The summed E-state index contributed by atoms with van der Waals surface area (Å²) >= 11 is 5.89. The van der Waals surface area contributed by atoms with Gasteiger partial charge in [0, 0.05) is 25.3 Å². The van der Waals surface area contributed by atoms with E-state index in [1.807, 2.05) is 12.1 Å². The number of halogens is 1. The molecule has 1 N–H and O–H groups in total. The molecular formula is C13H19ClN2O. The Morgan fingerprint density at radius 1 is 1.41 bits per heavy atom. The van der Waals surface area contributed by atoms with Gasteiger partial charge in [0.25, 0.3) is 0 Å². The highest BCUT2D eigenvalue weighted by Crippen LogP contribution is 2.24. The molecule has 1 heterocycles. The van der Waals surface area contributed by atoms with Crippen molar-refractivity contribution in [1.82, 2.24) is 9.88 Å². The number of pyridine rings is 1. The van der Waals surface area contributed by atoms with E-state index in [2.05, 4.69) is 9.88 Å². The highest BCUT2D eigenvalue weighted by molar-refractivity contribution is 6.29. The van der Waals surface area contributed by atoms with Gasteiger partial charge in [0.1, 0.15) is 5.15 Å². The molecule has 1 aromatic heterocycles. The van der Waals surface area contributed by atoms with Crippen LogP contribution in [0.15, 0.2) is 18.3 Å². The van der Waals surface area contributed by atoms with Gasteiger partial charge in [-0.15, -0.1) is 0 Å². The van der Waals surface area contributed by atoms with Gasteiger partial charge in [0.05, 0.1) is 6.61 Å². The molecule has 0 atom stereocenters. The van der Waals surface area contributed by atoms with Crippen molar-refractivity contribution in [3.8, 4) is 0 Å². The standard InChI is InChI=1S/C13H19ClN2O/c14-13-9-11(5-6-15-13)10-16(7-8-17)12-3-1-2-4-12/h5-6,9,12,17H,1-4,7-8,10H2. The Hall–Kier alpha value is -0.640. The summed E-state index contributed by atoms with van der Waals surface area (Å²) in [6.07, 6.45) is 6.86. The molecule has 1 fully saturated rings. The predicted octanol–water partition coefficient (Wildman–Crippen LogP) is 2.47. The molecule has 1 aliphatic rings. The molecule has 4 heteroatoms. The molecule has 0 amide bonds. The second kappa shape index (κ2) is 6.34. The van der Waals surface area contributed by atoms with Crippen molar-refractivity contribution in [2.75, 3.05) is 13.2 Å². The predicted molar refractivity (Wildman–Crippen MR) is 69.0 cm³/mol. The molecule has 94 valence electrons. The Labute approximate surface area is 107 Å². The molecule has 0 saturated heterocycles. The quantitative estimate of drug-likeness (QED) is 0.821. The first-order chi connectivity index (χ1) is 8.29. The maximum atomic E-state index is 9.15. The van der Waals surface area contributed by atoms with E-state index in [4.69, 9.17) is 16.7 Å². The summed E-state index contributed by atoms with van der Waals surface area (Å²) in [7, 11) is 0. The maximum Gasteiger partial charge on any atom is 0.129 e. The minimum Gasteiger partial charge on any atom is -0.395 e. The number of aliphatic hydroxyl groups excluding tert-OH is 1. The van der Waals surface area contributed by atoms with Crippen LogP contribution in [-0.2, 0) is 6.54 Å². The fourth-order valence-corrected chi connectivity index (χ4v) is 2.76. The van der Waals surface area contributed by atoms with Gasteiger partial charge >= 0.3 is 0 Å². The lowest BCUT2D eigenvalue weighted by Gasteiger charge is -2.28. The Kier molecular flexibility index (Phi) is 4.77. The lowest BCUT2D eigenvalue weighted by Crippen LogP contribution is -2.35. The third kappa shape index (κ3) is 3.66. The minimum atomic E-state index is 0.218. The number of rotatable bonds is 5. The van der Waals surface area contributed by atoms with Crippen LogP contribution in [0.1, 0.15) is 31.2 Å². The first kappa shape index (κ1) is 12.8. The summed E-state index contributed by atoms with van der Waals surface area (Å²) < 4.78 is 0. The van der Waals surface area contributed by atoms with Crippen LogP contribution in [0, 0.1) is 0 Å². The second-order valence-corrected chi connectivity index (χ2v) is 5.01. The van der Waals surface area contributed by atoms with E-state index in [1.165, 1.54) is 31.2 Å². The molecule has 0 radical (unpaired) electrons. The van der Waals surface area contributed by atoms with Crippen LogP contribution in [0.4, 0.5) is 0 Å². The molecular weight excluding hydrogens is 236 g/mol. The van der Waals surface area contributed by atoms with E-state index in [9.17, 15) is 0 Å². The number of hydrogen-bond acceptors (Lipinski definition) is 3. The van der Waals surface area contributed by atoms with E-state index in [1.54, 1.807) is 6.20 Å². The SMILES string of the molecule is OCCN(Cc1ccnc(Cl)c1)C1CCCC1. The highest BCUT2D eigenvalue weighted by Gasteiger charge is 2.22. The molecule has 3 nitrogen and oxygen atoms in total. The molecule has 17 heavy (non-hydrogen) atoms. The van der Waals surface area contributed by atoms with Crippen LogP contribution < -0.4 is 0 Å². The summed E-state index contributed by atoms with van der Waals surface area (Å²) in [6.45, 7) is 1.81. The van der Waals surface area contributed by atoms with Crippen molar-refractivity contribution < 1.29 is 5.11 Å². The third-order valence-corrected chi connectivity index (χ3v) is 3.61. The molecule has 0 spiro atoms. The zero-order valence-electron chi connectivity index (χ0n) is 9.98. The maximum absolute atomic E-state index is 9.15. The molecule has 1 saturated carbocycles. The summed E-state index contributed by atoms with van der Waals surface area (Å²) in [6, 6.07) is 4.51. The highest BCUT2D eigenvalue weighted by atomic mass is 35.5. The smallest absolute Gasteiger partial charge is 0.129 e. The number of nitrogens with zero attached hydrogens (tertiary/aromatic N) is 2. The van der Waals surface area contributed by atoms with Crippen molar-refractivity contribution in [3.05, 3.63) is 29.0 Å². The van der Waals surface area contributed by atoms with Crippen molar-refractivity contribution in [1.29, 1.82) is 0 Å². The van der Waals surface area contributed by atoms with Crippen LogP contribution in [0.3, 0.4) is 0 Å². The van der Waals surface area contributed by atoms with Gasteiger partial charge in [-0.05, 0) is 30.5 Å². The topological polar surface area (TPSA) is 36.4 Å². The van der Waals surface area contributed by atoms with E-state index in [0.717, 1.165) is 13.1 Å². The first-order valence-electron chi connectivity index (χ1n) is 6.25. The van der Waals surface area contributed by atoms with Crippen molar-refractivity contribution in [2.45, 2.75) is 38.3 Å². The molecule has 2 rings (SSSR count). The average Bonchev–Trinajstić information content (AvgIpc) is 2.82. The summed E-state index contributed by atoms with van der Waals surface area (Å²) in [5, 5.41) is 9.69. The third-order valence-electron chi connectivity index (χ3n) is 3.40. The Morgan fingerprint density at radius 3 is 2.82 bits per heavy atom. The van der Waals surface area contributed by atoms with Crippen LogP contribution in [0.25, 0.3) is 0 Å². The fraction of sp³-hybridized carbons (Fsp3) is 0.615. The van der Waals surface area contributed by atoms with Crippen molar-refractivity contribution >= 4 is 11.6 Å². The van der Waals surface area contributed by atoms with Crippen molar-refractivity contribution in [2.24, 2.45) is 0 Å². The Balaban J connectivity index is 2.01. The minimum absolute atomic E-state index is 0.218. The van der Waals surface area contributed by atoms with Gasteiger partial charge in [-0.25, -0.2) is 4.98 Å². The fourth-order valence-electron chi connectivity index (χ4n) is 2.56. The van der Waals surface area contributed by atoms with E-state index < -0.39 is 0 Å². The van der Waals surface area contributed by atoms with Gasteiger partial charge < -0.3 is 5.11 Å². The molecule has 0 unspecified atom stereocenters. The summed E-state index contributed by atoms with van der Waals surface area (Å²) in [4.78, 5) is 6.35. The molecule has 0 bridgehead atoms. The normalized spacial score (nSPS) is 16.9. The molecule has 0 aromatic carbocycles. The lowest BCUT2D eigenvalue weighted by molar-refractivity contribution is 0.145. The second-order valence-electron chi connectivity index (χ2n) is 4.62. The van der Waals surface area contributed by atoms with Gasteiger partial charge in [-0.3, -0.25) is 4.90 Å². The number of aliphatic hydroxyl groups is 1. The van der Waals surface area contributed by atoms with Crippen LogP contribution >= 0.6 is 11.6 Å². The molecule has 1 aromatic rings. The largest absolute Gasteiger partial charge is 0.395 e. The average molecular weight is 255 g/mol. The van der Waals surface area contributed by atoms with Crippen molar-refractivity contribution in [3.63, 3.8) is 0 Å². The summed E-state index contributed by atoms with van der Waals surface area (Å²) in [5.74, 6) is 0. The van der Waals surface area contributed by atoms with Crippen LogP contribution in [0.5, 0.6) is 0 Å². The Morgan fingerprint density at radius 2 is 2.18 bits per heavy atom. The van der Waals surface area contributed by atoms with Gasteiger partial charge in [0.15, 0.2) is 0 Å². The van der Waals surface area contributed by atoms with E-state index in [0.29, 0.717) is 11.2 Å². The Bertz CT molecular complexity index is 353. The van der Waals surface area contributed by atoms with Gasteiger partial charge in [0.2, 0.25) is 0 Å². The molecule has 1 aliphatic carbocycles. The zero-order chi connectivity index (χ0) is 12.1. The molecule has 0 aliphatic heterocycles. The number of hydrogen-bond donors (Lipinski definition) is 1. The van der Waals surface area contributed by atoms with E-state index >= 15 is 0 Å². The monoisotopic (exact) mass is 254 g/mol. The first-order valence-corrected chi connectivity index (χ1v) is 6.63. The lowest BCUT2D eigenvalue weighted by atomic mass is 10.1. The van der Waals surface area contributed by atoms with E-state index in [-0.39, 0.29) is 6.61 Å². The number of aromatic nitrogens is 1.